The lowest BCUT2D eigenvalue weighted by Crippen LogP contribution is -2.42. The van der Waals surface area contributed by atoms with Gasteiger partial charge in [-0.1, -0.05) is 129 Å². The number of hydrogen-bond donors (Lipinski definition) is 0. The average Bonchev–Trinajstić information content (AvgIpc) is 3.14. The molecule has 2 fully saturated rings. The van der Waals surface area contributed by atoms with Crippen molar-refractivity contribution in [1.29, 1.82) is 5.26 Å². The molecule has 49 heavy (non-hydrogen) atoms. The molecule has 240 valence electrons. The Morgan fingerprint density at radius 3 is 1.59 bits per heavy atom. The molecule has 4 atom stereocenters. The van der Waals surface area contributed by atoms with Crippen LogP contribution in [0, 0.1) is 29.1 Å². The molecule has 0 radical (unpaired) electrons. The van der Waals surface area contributed by atoms with Gasteiger partial charge in [0.25, 0.3) is 0 Å². The summed E-state index contributed by atoms with van der Waals surface area (Å²) in [6.07, 6.45) is 6.62. The van der Waals surface area contributed by atoms with Crippen LogP contribution in [0.3, 0.4) is 0 Å². The molecule has 2 aliphatic rings. The zero-order chi connectivity index (χ0) is 33.4. The summed E-state index contributed by atoms with van der Waals surface area (Å²) in [6.45, 7) is 4.90. The van der Waals surface area contributed by atoms with Gasteiger partial charge in [-0.3, -0.25) is 0 Å². The number of rotatable bonds is 6. The molecule has 2 saturated carbocycles. The first-order chi connectivity index (χ1) is 24.0. The van der Waals surface area contributed by atoms with E-state index < -0.39 is 0 Å². The van der Waals surface area contributed by atoms with Crippen molar-refractivity contribution in [3.63, 3.8) is 0 Å². The highest BCUT2D eigenvalue weighted by atomic mass is 15.0. The summed E-state index contributed by atoms with van der Waals surface area (Å²) in [4.78, 5) is 15.3. The standard InChI is InChI=1S/C45H40N4/c1-30-24-33-25-31(2)27-45(26-30,28-33)39-22-20-38(21-23-39)43-47-42(37-18-16-35(17-19-37)34-14-12-32(29-46)13-15-34)48-44(49-43)41-11-7-6-10-40(41)36-8-4-3-5-9-36/h3-23,30-31,33H,24-28H2,1-2H3/t30-,31+,33-,45?. The minimum absolute atomic E-state index is 0.277. The van der Waals surface area contributed by atoms with E-state index >= 15 is 0 Å². The summed E-state index contributed by atoms with van der Waals surface area (Å²) in [5, 5.41) is 9.21. The van der Waals surface area contributed by atoms with E-state index in [0.29, 0.717) is 23.0 Å². The SMILES string of the molecule is C[C@@H]1C[C@@H]2C[C@H](C)CC(c3ccc(-c4nc(-c5ccc(-c6ccc(C#N)cc6)cc5)nc(-c5ccccc5-c5ccccc5)n4)cc3)(C1)C2. The summed E-state index contributed by atoms with van der Waals surface area (Å²) >= 11 is 0. The Balaban J connectivity index is 1.21. The Kier molecular flexibility index (Phi) is 8.14. The van der Waals surface area contributed by atoms with Gasteiger partial charge >= 0.3 is 0 Å². The highest BCUT2D eigenvalue weighted by Gasteiger charge is 2.45. The normalized spacial score (nSPS) is 21.5. The smallest absolute Gasteiger partial charge is 0.164 e. The number of nitrogens with zero attached hydrogens (tertiary/aromatic N) is 4. The summed E-state index contributed by atoms with van der Waals surface area (Å²) in [5.74, 6) is 4.36. The molecule has 5 aromatic carbocycles. The number of benzene rings is 5. The van der Waals surface area contributed by atoms with Gasteiger partial charge in [0.1, 0.15) is 0 Å². The van der Waals surface area contributed by atoms with Crippen LogP contribution < -0.4 is 0 Å². The van der Waals surface area contributed by atoms with Crippen LogP contribution in [-0.4, -0.2) is 15.0 Å². The van der Waals surface area contributed by atoms with Gasteiger partial charge in [-0.2, -0.15) is 5.26 Å². The number of hydrogen-bond acceptors (Lipinski definition) is 4. The van der Waals surface area contributed by atoms with Gasteiger partial charge in [0.15, 0.2) is 17.5 Å². The Morgan fingerprint density at radius 2 is 1.00 bits per heavy atom. The van der Waals surface area contributed by atoms with Crippen LogP contribution in [0.1, 0.15) is 57.1 Å². The second kappa shape index (κ2) is 12.9. The molecule has 8 rings (SSSR count). The van der Waals surface area contributed by atoms with Gasteiger partial charge in [0.05, 0.1) is 11.6 Å². The first kappa shape index (κ1) is 30.9. The Bertz CT molecular complexity index is 2110. The minimum atomic E-state index is 0.277. The fourth-order valence-corrected chi connectivity index (χ4v) is 8.88. The number of aromatic nitrogens is 3. The van der Waals surface area contributed by atoms with Crippen molar-refractivity contribution in [1.82, 2.24) is 15.0 Å². The van der Waals surface area contributed by atoms with Crippen LogP contribution in [0.4, 0.5) is 0 Å². The van der Waals surface area contributed by atoms with Crippen molar-refractivity contribution in [3.8, 4) is 62.5 Å². The molecule has 0 N–H and O–H groups in total. The quantitative estimate of drug-likeness (QED) is 0.182. The van der Waals surface area contributed by atoms with Gasteiger partial charge in [-0.05, 0) is 95.2 Å². The topological polar surface area (TPSA) is 62.5 Å². The molecule has 6 aromatic rings. The average molecular weight is 637 g/mol. The van der Waals surface area contributed by atoms with Crippen LogP contribution in [0.5, 0.6) is 0 Å². The van der Waals surface area contributed by atoms with Crippen LogP contribution in [0.15, 0.2) is 127 Å². The zero-order valence-electron chi connectivity index (χ0n) is 28.2. The maximum Gasteiger partial charge on any atom is 0.164 e. The van der Waals surface area contributed by atoms with Gasteiger partial charge < -0.3 is 0 Å². The fourth-order valence-electron chi connectivity index (χ4n) is 8.88. The lowest BCUT2D eigenvalue weighted by Gasteiger charge is -2.50. The maximum atomic E-state index is 9.21. The van der Waals surface area contributed by atoms with Crippen molar-refractivity contribution in [2.45, 2.75) is 51.4 Å². The summed E-state index contributed by atoms with van der Waals surface area (Å²) in [5.41, 5.74) is 9.65. The molecular formula is C45H40N4. The van der Waals surface area contributed by atoms with E-state index in [1.165, 1.54) is 37.7 Å². The molecule has 2 bridgehead atoms. The monoisotopic (exact) mass is 636 g/mol. The van der Waals surface area contributed by atoms with Crippen molar-refractivity contribution in [2.75, 3.05) is 0 Å². The Labute approximate surface area is 289 Å². The molecule has 4 heteroatoms. The lowest BCUT2D eigenvalue weighted by atomic mass is 9.54. The number of fused-ring (bicyclic) bond motifs is 2. The molecule has 1 aromatic heterocycles. The van der Waals surface area contributed by atoms with E-state index in [1.54, 1.807) is 0 Å². The van der Waals surface area contributed by atoms with Gasteiger partial charge in [0, 0.05) is 16.7 Å². The molecule has 1 heterocycles. The zero-order valence-corrected chi connectivity index (χ0v) is 28.2. The first-order valence-corrected chi connectivity index (χ1v) is 17.6. The third kappa shape index (κ3) is 6.18. The molecule has 0 spiro atoms. The second-order valence-electron chi connectivity index (χ2n) is 14.5. The summed E-state index contributed by atoms with van der Waals surface area (Å²) in [6, 6.07) is 46.2. The lowest BCUT2D eigenvalue weighted by molar-refractivity contribution is 0.0780. The molecule has 0 amide bonds. The largest absolute Gasteiger partial charge is 0.208 e. The van der Waals surface area contributed by atoms with E-state index in [2.05, 4.69) is 117 Å². The van der Waals surface area contributed by atoms with Crippen LogP contribution in [0.25, 0.3) is 56.4 Å². The third-order valence-corrected chi connectivity index (χ3v) is 10.8. The van der Waals surface area contributed by atoms with E-state index in [1.807, 2.05) is 30.3 Å². The fraction of sp³-hybridized carbons (Fsp3) is 0.244. The molecule has 1 unspecified atom stereocenters. The minimum Gasteiger partial charge on any atom is -0.208 e. The van der Waals surface area contributed by atoms with Crippen LogP contribution in [0.2, 0.25) is 0 Å². The van der Waals surface area contributed by atoms with Crippen molar-refractivity contribution in [2.24, 2.45) is 17.8 Å². The predicted molar refractivity (Wildman–Crippen MR) is 198 cm³/mol. The van der Waals surface area contributed by atoms with Crippen LogP contribution >= 0.6 is 0 Å². The molecular weight excluding hydrogens is 597 g/mol. The Morgan fingerprint density at radius 1 is 0.510 bits per heavy atom. The highest BCUT2D eigenvalue weighted by molar-refractivity contribution is 5.82. The number of nitriles is 1. The second-order valence-corrected chi connectivity index (χ2v) is 14.5. The highest BCUT2D eigenvalue weighted by Crippen LogP contribution is 2.54. The van der Waals surface area contributed by atoms with Crippen molar-refractivity contribution >= 4 is 0 Å². The van der Waals surface area contributed by atoms with E-state index in [0.717, 1.165) is 56.7 Å². The van der Waals surface area contributed by atoms with Crippen LogP contribution in [-0.2, 0) is 5.41 Å². The predicted octanol–water partition coefficient (Wildman–Crippen LogP) is 11.2. The molecule has 0 saturated heterocycles. The van der Waals surface area contributed by atoms with Gasteiger partial charge in [-0.15, -0.1) is 0 Å². The van der Waals surface area contributed by atoms with Gasteiger partial charge in [0.2, 0.25) is 0 Å². The Hall–Kier alpha value is -5.40. The summed E-state index contributed by atoms with van der Waals surface area (Å²) in [7, 11) is 0. The molecule has 0 aliphatic heterocycles. The molecule has 4 nitrogen and oxygen atoms in total. The van der Waals surface area contributed by atoms with E-state index in [-0.39, 0.29) is 5.41 Å². The third-order valence-electron chi connectivity index (χ3n) is 10.8. The van der Waals surface area contributed by atoms with E-state index in [4.69, 9.17) is 15.0 Å². The van der Waals surface area contributed by atoms with E-state index in [9.17, 15) is 5.26 Å². The summed E-state index contributed by atoms with van der Waals surface area (Å²) < 4.78 is 0. The molecule has 2 aliphatic carbocycles. The maximum absolute atomic E-state index is 9.21. The van der Waals surface area contributed by atoms with Gasteiger partial charge in [-0.25, -0.2) is 15.0 Å². The first-order valence-electron chi connectivity index (χ1n) is 17.6. The van der Waals surface area contributed by atoms with Crippen molar-refractivity contribution in [3.05, 3.63) is 139 Å². The van der Waals surface area contributed by atoms with Crippen molar-refractivity contribution < 1.29 is 0 Å².